The predicted octanol–water partition coefficient (Wildman–Crippen LogP) is -0.158. The maximum absolute atomic E-state index is 11.5. The van der Waals surface area contributed by atoms with Crippen molar-refractivity contribution in [2.75, 3.05) is 13.1 Å². The van der Waals surface area contributed by atoms with E-state index in [1.165, 1.54) is 0 Å². The molecule has 0 radical (unpaired) electrons. The molecule has 3 N–H and O–H groups in total. The Kier molecular flexibility index (Phi) is 5.87. The molecule has 0 saturated heterocycles. The second kappa shape index (κ2) is 7.45. The minimum atomic E-state index is -0.589. The van der Waals surface area contributed by atoms with Gasteiger partial charge < -0.3 is 15.7 Å². The van der Waals surface area contributed by atoms with Crippen LogP contribution in [0.25, 0.3) is 0 Å². The van der Waals surface area contributed by atoms with Gasteiger partial charge in [-0.15, -0.1) is 0 Å². The molecule has 1 aromatic rings. The monoisotopic (exact) mass is 250 g/mol. The molecule has 0 aliphatic rings. The van der Waals surface area contributed by atoms with Gasteiger partial charge in [0.15, 0.2) is 0 Å². The molecule has 0 heterocycles. The summed E-state index contributed by atoms with van der Waals surface area (Å²) >= 11 is 0. The third-order valence-electron chi connectivity index (χ3n) is 2.25. The smallest absolute Gasteiger partial charge is 0.239 e. The van der Waals surface area contributed by atoms with Gasteiger partial charge in [0, 0.05) is 6.54 Å². The Morgan fingerprint density at radius 3 is 2.44 bits per heavy atom. The summed E-state index contributed by atoms with van der Waals surface area (Å²) in [5, 5.41) is 14.0. The summed E-state index contributed by atoms with van der Waals surface area (Å²) in [5.74, 6) is -0.509. The van der Waals surface area contributed by atoms with Crippen LogP contribution in [0.2, 0.25) is 0 Å². The summed E-state index contributed by atoms with van der Waals surface area (Å²) in [4.78, 5) is 22.8. The van der Waals surface area contributed by atoms with E-state index in [0.717, 1.165) is 5.56 Å². The lowest BCUT2D eigenvalue weighted by Gasteiger charge is -2.08. The highest BCUT2D eigenvalue weighted by molar-refractivity contribution is 5.85. The number of nitrogens with one attached hydrogen (secondary N) is 2. The molecule has 5 nitrogen and oxygen atoms in total. The molecule has 2 amide bonds. The average molecular weight is 250 g/mol. The molecule has 1 atom stereocenters. The summed E-state index contributed by atoms with van der Waals surface area (Å²) in [6.45, 7) is 1.69. The van der Waals surface area contributed by atoms with Crippen molar-refractivity contribution in [2.24, 2.45) is 0 Å². The molecule has 1 aromatic carbocycles. The van der Waals surface area contributed by atoms with Crippen LogP contribution in [0.4, 0.5) is 0 Å². The fourth-order valence-electron chi connectivity index (χ4n) is 1.35. The highest BCUT2D eigenvalue weighted by atomic mass is 16.3. The summed E-state index contributed by atoms with van der Waals surface area (Å²) < 4.78 is 0. The van der Waals surface area contributed by atoms with Crippen LogP contribution in [0.5, 0.6) is 0 Å². The number of benzene rings is 1. The zero-order valence-electron chi connectivity index (χ0n) is 10.3. The number of hydrogen-bond donors (Lipinski definition) is 3. The third kappa shape index (κ3) is 6.00. The molecule has 0 saturated carbocycles. The molecule has 5 heteroatoms. The highest BCUT2D eigenvalue weighted by Crippen LogP contribution is 1.98. The average Bonchev–Trinajstić information content (AvgIpc) is 2.35. The van der Waals surface area contributed by atoms with E-state index < -0.39 is 6.10 Å². The van der Waals surface area contributed by atoms with Gasteiger partial charge in [-0.25, -0.2) is 0 Å². The topological polar surface area (TPSA) is 78.4 Å². The second-order valence-corrected chi connectivity index (χ2v) is 4.09. The number of carbonyl (C=O) groups excluding carboxylic acids is 2. The number of amides is 2. The van der Waals surface area contributed by atoms with Crippen LogP contribution >= 0.6 is 0 Å². The lowest BCUT2D eigenvalue weighted by atomic mass is 10.1. The van der Waals surface area contributed by atoms with Crippen LogP contribution in [-0.4, -0.2) is 36.1 Å². The number of hydrogen-bond acceptors (Lipinski definition) is 3. The van der Waals surface area contributed by atoms with Crippen molar-refractivity contribution in [2.45, 2.75) is 19.4 Å². The largest absolute Gasteiger partial charge is 0.392 e. The van der Waals surface area contributed by atoms with Gasteiger partial charge in [0.1, 0.15) is 0 Å². The fraction of sp³-hybridized carbons (Fsp3) is 0.385. The van der Waals surface area contributed by atoms with Crippen molar-refractivity contribution in [3.8, 4) is 0 Å². The van der Waals surface area contributed by atoms with E-state index in [0.29, 0.717) is 0 Å². The van der Waals surface area contributed by atoms with Gasteiger partial charge in [-0.2, -0.15) is 0 Å². The summed E-state index contributed by atoms with van der Waals surface area (Å²) in [6, 6.07) is 9.31. The number of aliphatic hydroxyl groups is 1. The molecule has 1 rings (SSSR count). The Bertz CT molecular complexity index is 390. The molecule has 0 aliphatic heterocycles. The van der Waals surface area contributed by atoms with E-state index in [2.05, 4.69) is 10.6 Å². The number of aliphatic hydroxyl groups excluding tert-OH is 1. The van der Waals surface area contributed by atoms with E-state index >= 15 is 0 Å². The van der Waals surface area contributed by atoms with Gasteiger partial charge in [-0.3, -0.25) is 9.59 Å². The van der Waals surface area contributed by atoms with Gasteiger partial charge >= 0.3 is 0 Å². The first-order chi connectivity index (χ1) is 8.58. The van der Waals surface area contributed by atoms with Crippen molar-refractivity contribution >= 4 is 11.8 Å². The van der Waals surface area contributed by atoms with Crippen LogP contribution in [0.3, 0.4) is 0 Å². The Morgan fingerprint density at radius 1 is 1.17 bits per heavy atom. The van der Waals surface area contributed by atoms with Gasteiger partial charge in [0.2, 0.25) is 11.8 Å². The van der Waals surface area contributed by atoms with Gasteiger partial charge in [-0.05, 0) is 12.5 Å². The van der Waals surface area contributed by atoms with E-state index in [4.69, 9.17) is 5.11 Å². The first kappa shape index (κ1) is 14.2. The van der Waals surface area contributed by atoms with Crippen LogP contribution in [-0.2, 0) is 16.0 Å². The zero-order valence-corrected chi connectivity index (χ0v) is 10.3. The maximum atomic E-state index is 11.5. The highest BCUT2D eigenvalue weighted by Gasteiger charge is 2.06. The second-order valence-electron chi connectivity index (χ2n) is 4.09. The molecule has 0 bridgehead atoms. The van der Waals surface area contributed by atoms with Gasteiger partial charge in [0.05, 0.1) is 19.1 Å². The maximum Gasteiger partial charge on any atom is 0.239 e. The van der Waals surface area contributed by atoms with Crippen LogP contribution in [0.15, 0.2) is 30.3 Å². The minimum absolute atomic E-state index is 0.0710. The van der Waals surface area contributed by atoms with Gasteiger partial charge in [0.25, 0.3) is 0 Å². The van der Waals surface area contributed by atoms with Crippen molar-refractivity contribution in [3.63, 3.8) is 0 Å². The molecule has 0 spiro atoms. The zero-order chi connectivity index (χ0) is 13.4. The molecule has 98 valence electrons. The Morgan fingerprint density at radius 2 is 1.83 bits per heavy atom. The fourth-order valence-corrected chi connectivity index (χ4v) is 1.35. The van der Waals surface area contributed by atoms with E-state index in [9.17, 15) is 9.59 Å². The molecular formula is C13H18N2O3. The third-order valence-corrected chi connectivity index (χ3v) is 2.25. The molecular weight excluding hydrogens is 232 g/mol. The summed E-state index contributed by atoms with van der Waals surface area (Å²) in [6.07, 6.45) is -0.334. The van der Waals surface area contributed by atoms with Crippen molar-refractivity contribution in [1.29, 1.82) is 0 Å². The standard InChI is InChI=1S/C13H18N2O3/c1-10(16)8-14-13(18)9-15-12(17)7-11-5-3-2-4-6-11/h2-6,10,16H,7-9H2,1H3,(H,14,18)(H,15,17). The number of rotatable bonds is 6. The van der Waals surface area contributed by atoms with Crippen molar-refractivity contribution < 1.29 is 14.7 Å². The van der Waals surface area contributed by atoms with Crippen LogP contribution in [0.1, 0.15) is 12.5 Å². The molecule has 0 aromatic heterocycles. The number of carbonyl (C=O) groups is 2. The Hall–Kier alpha value is -1.88. The van der Waals surface area contributed by atoms with E-state index in [1.54, 1.807) is 6.92 Å². The Labute approximate surface area is 106 Å². The van der Waals surface area contributed by atoms with Crippen LogP contribution in [0, 0.1) is 0 Å². The van der Waals surface area contributed by atoms with Gasteiger partial charge in [-0.1, -0.05) is 30.3 Å². The summed E-state index contributed by atoms with van der Waals surface area (Å²) in [7, 11) is 0. The summed E-state index contributed by atoms with van der Waals surface area (Å²) in [5.41, 5.74) is 0.902. The van der Waals surface area contributed by atoms with E-state index in [-0.39, 0.29) is 31.3 Å². The molecule has 18 heavy (non-hydrogen) atoms. The Balaban J connectivity index is 2.23. The van der Waals surface area contributed by atoms with Crippen molar-refractivity contribution in [1.82, 2.24) is 10.6 Å². The van der Waals surface area contributed by atoms with Crippen LogP contribution < -0.4 is 10.6 Å². The van der Waals surface area contributed by atoms with Crippen molar-refractivity contribution in [3.05, 3.63) is 35.9 Å². The van der Waals surface area contributed by atoms with E-state index in [1.807, 2.05) is 30.3 Å². The normalized spacial score (nSPS) is 11.7. The molecule has 0 aliphatic carbocycles. The quantitative estimate of drug-likeness (QED) is 0.656. The SMILES string of the molecule is CC(O)CNC(=O)CNC(=O)Cc1ccccc1. The first-order valence-corrected chi connectivity index (χ1v) is 5.83. The molecule has 0 fully saturated rings. The lowest BCUT2D eigenvalue weighted by Crippen LogP contribution is -2.39. The first-order valence-electron chi connectivity index (χ1n) is 5.83. The minimum Gasteiger partial charge on any atom is -0.392 e. The predicted molar refractivity (Wildman–Crippen MR) is 67.8 cm³/mol. The molecule has 1 unspecified atom stereocenters. The lowest BCUT2D eigenvalue weighted by molar-refractivity contribution is -0.125.